The molecule has 2 aromatic rings. The Morgan fingerprint density at radius 1 is 1.07 bits per heavy atom. The highest BCUT2D eigenvalue weighted by Crippen LogP contribution is 2.15. The van der Waals surface area contributed by atoms with Crippen LogP contribution in [0.4, 0.5) is 0 Å². The fourth-order valence-corrected chi connectivity index (χ4v) is 3.15. The molecule has 1 aliphatic rings. The molecule has 0 aliphatic carbocycles. The monoisotopic (exact) mass is 381 g/mol. The molecule has 0 radical (unpaired) electrons. The molecule has 2 aromatic carbocycles. The fourth-order valence-electron chi connectivity index (χ4n) is 3.15. The summed E-state index contributed by atoms with van der Waals surface area (Å²) in [6.45, 7) is 0.925. The number of methoxy groups -OCH3 is 1. The maximum absolute atomic E-state index is 12.5. The summed E-state index contributed by atoms with van der Waals surface area (Å²) in [6.07, 6.45) is 0.932. The van der Waals surface area contributed by atoms with Gasteiger partial charge in [0.1, 0.15) is 6.04 Å². The molecule has 146 valence electrons. The van der Waals surface area contributed by atoms with Crippen LogP contribution in [0, 0.1) is 5.92 Å². The molecule has 0 saturated carbocycles. The summed E-state index contributed by atoms with van der Waals surface area (Å²) in [5.74, 6) is -1.01. The van der Waals surface area contributed by atoms with E-state index in [0.717, 1.165) is 5.56 Å². The van der Waals surface area contributed by atoms with Crippen molar-refractivity contribution in [3.63, 3.8) is 0 Å². The van der Waals surface area contributed by atoms with E-state index in [1.54, 1.807) is 36.4 Å². The third kappa shape index (κ3) is 4.84. The van der Waals surface area contributed by atoms with E-state index >= 15 is 0 Å². The number of nitrogens with one attached hydrogen (secondary N) is 1. The van der Waals surface area contributed by atoms with Gasteiger partial charge in [0.15, 0.2) is 5.78 Å². The second-order valence-electron chi connectivity index (χ2n) is 6.74. The minimum atomic E-state index is -0.784. The van der Waals surface area contributed by atoms with Crippen LogP contribution in [0.2, 0.25) is 0 Å². The zero-order chi connectivity index (χ0) is 19.9. The van der Waals surface area contributed by atoms with Gasteiger partial charge in [0.05, 0.1) is 19.6 Å². The fraction of sp³-hybridized carbons (Fsp3) is 0.318. The first-order chi connectivity index (χ1) is 13.6. The molecule has 0 bridgehead atoms. The summed E-state index contributed by atoms with van der Waals surface area (Å²) >= 11 is 0. The first kappa shape index (κ1) is 19.8. The van der Waals surface area contributed by atoms with E-state index in [0.29, 0.717) is 30.8 Å². The molecule has 1 fully saturated rings. The molecule has 0 aromatic heterocycles. The van der Waals surface area contributed by atoms with Crippen molar-refractivity contribution in [3.05, 3.63) is 71.3 Å². The molecule has 6 nitrogen and oxygen atoms in total. The number of carbonyl (C=O) groups is 3. The summed E-state index contributed by atoms with van der Waals surface area (Å²) in [6, 6.07) is 15.3. The zero-order valence-electron chi connectivity index (χ0n) is 15.7. The minimum absolute atomic E-state index is 0.0637. The Hall–Kier alpha value is -2.99. The largest absolute Gasteiger partial charge is 0.467 e. The lowest BCUT2D eigenvalue weighted by Gasteiger charge is -2.18. The van der Waals surface area contributed by atoms with Gasteiger partial charge in [-0.2, -0.15) is 0 Å². The quantitative estimate of drug-likeness (QED) is 0.587. The highest BCUT2D eigenvalue weighted by atomic mass is 16.5. The molecular formula is C22H23NO5. The van der Waals surface area contributed by atoms with Crippen molar-refractivity contribution >= 4 is 17.7 Å². The molecular weight excluding hydrogens is 358 g/mol. The van der Waals surface area contributed by atoms with Crippen molar-refractivity contribution in [2.45, 2.75) is 18.9 Å². The molecule has 0 unspecified atom stereocenters. The van der Waals surface area contributed by atoms with Crippen molar-refractivity contribution in [3.8, 4) is 0 Å². The van der Waals surface area contributed by atoms with Crippen molar-refractivity contribution in [2.24, 2.45) is 5.92 Å². The second-order valence-corrected chi connectivity index (χ2v) is 6.74. The second kappa shape index (κ2) is 9.28. The Morgan fingerprint density at radius 2 is 1.75 bits per heavy atom. The Balaban J connectivity index is 1.67. The smallest absolute Gasteiger partial charge is 0.328 e. The van der Waals surface area contributed by atoms with Gasteiger partial charge in [-0.15, -0.1) is 0 Å². The average molecular weight is 381 g/mol. The van der Waals surface area contributed by atoms with Gasteiger partial charge in [-0.25, -0.2) is 4.79 Å². The van der Waals surface area contributed by atoms with E-state index in [1.807, 2.05) is 18.2 Å². The van der Waals surface area contributed by atoms with Gasteiger partial charge in [-0.05, 0) is 12.0 Å². The average Bonchev–Trinajstić information content (AvgIpc) is 3.28. The Bertz CT molecular complexity index is 826. The standard InChI is InChI=1S/C22H23NO5/c1-27-22(26)19(23-21(25)18-11-12-28-14-18)13-15-7-9-17(10-8-15)20(24)16-5-3-2-4-6-16/h2-10,18-19H,11-14H2,1H3,(H,23,25)/t18-,19-/m0/s1. The molecule has 1 saturated heterocycles. The number of ether oxygens (including phenoxy) is 2. The van der Waals surface area contributed by atoms with E-state index in [1.165, 1.54) is 7.11 Å². The van der Waals surface area contributed by atoms with Gasteiger partial charge < -0.3 is 14.8 Å². The lowest BCUT2D eigenvalue weighted by Crippen LogP contribution is -2.45. The number of hydrogen-bond acceptors (Lipinski definition) is 5. The molecule has 1 N–H and O–H groups in total. The van der Waals surface area contributed by atoms with Gasteiger partial charge in [0.25, 0.3) is 0 Å². The Kier molecular flexibility index (Phi) is 6.55. The van der Waals surface area contributed by atoms with Gasteiger partial charge in [-0.3, -0.25) is 9.59 Å². The minimum Gasteiger partial charge on any atom is -0.467 e. The predicted octanol–water partition coefficient (Wildman–Crippen LogP) is 2.15. The number of ketones is 1. The third-order valence-electron chi connectivity index (χ3n) is 4.79. The maximum atomic E-state index is 12.5. The number of amides is 1. The summed E-state index contributed by atoms with van der Waals surface area (Å²) < 4.78 is 10.1. The SMILES string of the molecule is COC(=O)[C@H](Cc1ccc(C(=O)c2ccccc2)cc1)NC(=O)[C@H]1CCOC1. The summed E-state index contributed by atoms with van der Waals surface area (Å²) in [7, 11) is 1.29. The van der Waals surface area contributed by atoms with Gasteiger partial charge in [-0.1, -0.05) is 54.6 Å². The summed E-state index contributed by atoms with van der Waals surface area (Å²) in [4.78, 5) is 36.9. The lowest BCUT2D eigenvalue weighted by atomic mass is 9.99. The number of esters is 1. The van der Waals surface area contributed by atoms with Crippen molar-refractivity contribution in [1.82, 2.24) is 5.32 Å². The normalized spacial score (nSPS) is 17.0. The van der Waals surface area contributed by atoms with Crippen molar-refractivity contribution < 1.29 is 23.9 Å². The van der Waals surface area contributed by atoms with E-state index in [9.17, 15) is 14.4 Å². The molecule has 1 heterocycles. The van der Waals surface area contributed by atoms with E-state index in [4.69, 9.17) is 9.47 Å². The van der Waals surface area contributed by atoms with Crippen molar-refractivity contribution in [1.29, 1.82) is 0 Å². The summed E-state index contributed by atoms with van der Waals surface area (Å²) in [5, 5.41) is 2.76. The van der Waals surface area contributed by atoms with E-state index in [2.05, 4.69) is 5.32 Å². The molecule has 1 aliphatic heterocycles. The van der Waals surface area contributed by atoms with Crippen LogP contribution in [0.25, 0.3) is 0 Å². The predicted molar refractivity (Wildman–Crippen MR) is 103 cm³/mol. The molecule has 3 rings (SSSR count). The number of rotatable bonds is 7. The zero-order valence-corrected chi connectivity index (χ0v) is 15.7. The molecule has 1 amide bonds. The Morgan fingerprint density at radius 3 is 2.36 bits per heavy atom. The van der Waals surface area contributed by atoms with Crippen molar-refractivity contribution in [2.75, 3.05) is 20.3 Å². The third-order valence-corrected chi connectivity index (χ3v) is 4.79. The van der Waals surface area contributed by atoms with Crippen LogP contribution >= 0.6 is 0 Å². The van der Waals surface area contributed by atoms with Crippen LogP contribution in [0.1, 0.15) is 27.9 Å². The first-order valence-corrected chi connectivity index (χ1v) is 9.23. The van der Waals surface area contributed by atoms with Gasteiger partial charge >= 0.3 is 5.97 Å². The number of hydrogen-bond donors (Lipinski definition) is 1. The molecule has 6 heteroatoms. The molecule has 0 spiro atoms. The number of benzene rings is 2. The van der Waals surface area contributed by atoms with Crippen LogP contribution in [0.15, 0.2) is 54.6 Å². The molecule has 28 heavy (non-hydrogen) atoms. The van der Waals surface area contributed by atoms with Crippen LogP contribution in [-0.2, 0) is 25.5 Å². The van der Waals surface area contributed by atoms with Crippen LogP contribution in [0.3, 0.4) is 0 Å². The highest BCUT2D eigenvalue weighted by Gasteiger charge is 2.28. The van der Waals surface area contributed by atoms with E-state index < -0.39 is 12.0 Å². The number of carbonyl (C=O) groups excluding carboxylic acids is 3. The van der Waals surface area contributed by atoms with Crippen LogP contribution < -0.4 is 5.32 Å². The molecule has 2 atom stereocenters. The van der Waals surface area contributed by atoms with Crippen LogP contribution in [0.5, 0.6) is 0 Å². The lowest BCUT2D eigenvalue weighted by molar-refractivity contribution is -0.145. The van der Waals surface area contributed by atoms with Crippen LogP contribution in [-0.4, -0.2) is 44.0 Å². The summed E-state index contributed by atoms with van der Waals surface area (Å²) in [5.41, 5.74) is 2.01. The first-order valence-electron chi connectivity index (χ1n) is 9.23. The topological polar surface area (TPSA) is 81.7 Å². The maximum Gasteiger partial charge on any atom is 0.328 e. The van der Waals surface area contributed by atoms with Gasteiger partial charge in [0, 0.05) is 24.2 Å². The van der Waals surface area contributed by atoms with Gasteiger partial charge in [0.2, 0.25) is 5.91 Å². The van der Waals surface area contributed by atoms with E-state index in [-0.39, 0.29) is 24.0 Å². The Labute approximate surface area is 163 Å². The highest BCUT2D eigenvalue weighted by molar-refractivity contribution is 6.08.